The van der Waals surface area contributed by atoms with Crippen molar-refractivity contribution in [3.05, 3.63) is 35.6 Å². The van der Waals surface area contributed by atoms with Crippen molar-refractivity contribution in [2.24, 2.45) is 0 Å². The molecule has 0 aliphatic carbocycles. The molecule has 1 rings (SSSR count). The summed E-state index contributed by atoms with van der Waals surface area (Å²) < 4.78 is 12.4. The number of halogens is 1. The number of rotatable bonds is 2. The third-order valence-corrected chi connectivity index (χ3v) is 1.17. The summed E-state index contributed by atoms with van der Waals surface area (Å²) in [6.45, 7) is 0. The zero-order chi connectivity index (χ0) is 7.40. The predicted molar refractivity (Wildman–Crippen MR) is 35.8 cm³/mol. The Labute approximate surface area is 58.5 Å². The molecule has 1 radical (unpaired) electrons. The Bertz CT molecular complexity index is 232. The fourth-order valence-corrected chi connectivity index (χ4v) is 0.730. The third kappa shape index (κ3) is 1.65. The van der Waals surface area contributed by atoms with E-state index in [1.807, 2.05) is 0 Å². The molecule has 0 unspecified atom stereocenters. The molecule has 0 N–H and O–H groups in total. The molecule has 0 fully saturated rings. The van der Waals surface area contributed by atoms with Crippen LogP contribution in [0.3, 0.4) is 0 Å². The summed E-state index contributed by atoms with van der Waals surface area (Å²) in [5.74, 6) is -0.312. The van der Waals surface area contributed by atoms with Crippen LogP contribution in [0, 0.1) is 5.82 Å². The minimum Gasteiger partial charge on any atom is -0.291 e. The average molecular weight is 137 g/mol. The first-order valence-electron chi connectivity index (χ1n) is 2.92. The topological polar surface area (TPSA) is 17.1 Å². The molecule has 10 heavy (non-hydrogen) atoms. The minimum atomic E-state index is -0.312. The van der Waals surface area contributed by atoms with Gasteiger partial charge in [-0.25, -0.2) is 4.39 Å². The van der Waals surface area contributed by atoms with E-state index in [0.717, 1.165) is 0 Å². The summed E-state index contributed by atoms with van der Waals surface area (Å²) in [7, 11) is 0. The molecule has 0 saturated heterocycles. The van der Waals surface area contributed by atoms with Crippen LogP contribution in [-0.2, 0) is 11.2 Å². The van der Waals surface area contributed by atoms with Crippen molar-refractivity contribution in [1.29, 1.82) is 0 Å². The summed E-state index contributed by atoms with van der Waals surface area (Å²) in [6, 6.07) is 5.93. The maximum Gasteiger partial charge on any atom is 0.203 e. The second-order valence-electron chi connectivity index (χ2n) is 1.95. The minimum absolute atomic E-state index is 0.164. The van der Waals surface area contributed by atoms with Gasteiger partial charge in [0.15, 0.2) is 0 Å². The Balaban J connectivity index is 2.84. The lowest BCUT2D eigenvalue weighted by Crippen LogP contribution is -1.85. The van der Waals surface area contributed by atoms with E-state index in [1.165, 1.54) is 12.1 Å². The SMILES string of the molecule is O=[C]Cc1cccc(F)c1. The van der Waals surface area contributed by atoms with Crippen LogP contribution in [0.4, 0.5) is 4.39 Å². The van der Waals surface area contributed by atoms with Crippen molar-refractivity contribution < 1.29 is 9.18 Å². The largest absolute Gasteiger partial charge is 0.291 e. The molecule has 0 amide bonds. The lowest BCUT2D eigenvalue weighted by atomic mass is 10.2. The molecule has 1 aromatic rings. The summed E-state index contributed by atoms with van der Waals surface area (Å²) in [6.07, 6.45) is 1.86. The highest BCUT2D eigenvalue weighted by atomic mass is 19.1. The smallest absolute Gasteiger partial charge is 0.203 e. The Hall–Kier alpha value is -1.18. The van der Waals surface area contributed by atoms with Gasteiger partial charge < -0.3 is 0 Å². The van der Waals surface area contributed by atoms with E-state index in [2.05, 4.69) is 0 Å². The molecule has 1 aromatic carbocycles. The molecular formula is C8H6FO. The molecule has 0 spiro atoms. The molecule has 51 valence electrons. The lowest BCUT2D eigenvalue weighted by molar-refractivity contribution is 0.555. The van der Waals surface area contributed by atoms with E-state index in [4.69, 9.17) is 0 Å². The van der Waals surface area contributed by atoms with Crippen molar-refractivity contribution in [3.63, 3.8) is 0 Å². The standard InChI is InChI=1S/C8H6FO/c9-8-3-1-2-7(6-8)4-5-10/h1-3,6H,4H2. The molecule has 0 saturated carbocycles. The van der Waals surface area contributed by atoms with Crippen molar-refractivity contribution in [1.82, 2.24) is 0 Å². The van der Waals surface area contributed by atoms with Gasteiger partial charge >= 0.3 is 0 Å². The zero-order valence-corrected chi connectivity index (χ0v) is 5.30. The van der Waals surface area contributed by atoms with E-state index in [-0.39, 0.29) is 12.2 Å². The van der Waals surface area contributed by atoms with Gasteiger partial charge in [0.1, 0.15) is 5.82 Å². The second kappa shape index (κ2) is 3.11. The van der Waals surface area contributed by atoms with E-state index in [1.54, 1.807) is 18.4 Å². The summed E-state index contributed by atoms with van der Waals surface area (Å²) in [5, 5.41) is 0. The monoisotopic (exact) mass is 137 g/mol. The Morgan fingerprint density at radius 3 is 2.90 bits per heavy atom. The number of hydrogen-bond donors (Lipinski definition) is 0. The Kier molecular flexibility index (Phi) is 2.15. The summed E-state index contributed by atoms with van der Waals surface area (Å²) in [5.41, 5.74) is 0.662. The van der Waals surface area contributed by atoms with Crippen LogP contribution in [0.1, 0.15) is 5.56 Å². The first kappa shape index (κ1) is 6.93. The van der Waals surface area contributed by atoms with Crippen LogP contribution in [0.5, 0.6) is 0 Å². The van der Waals surface area contributed by atoms with Crippen molar-refractivity contribution >= 4 is 6.29 Å². The molecular weight excluding hydrogens is 131 g/mol. The molecule has 0 heterocycles. The normalized spacial score (nSPS) is 9.30. The van der Waals surface area contributed by atoms with Crippen LogP contribution in [0.15, 0.2) is 24.3 Å². The Morgan fingerprint density at radius 1 is 1.50 bits per heavy atom. The molecule has 0 aromatic heterocycles. The maximum absolute atomic E-state index is 12.4. The van der Waals surface area contributed by atoms with E-state index >= 15 is 0 Å². The molecule has 0 aliphatic rings. The van der Waals surface area contributed by atoms with E-state index in [0.29, 0.717) is 5.56 Å². The average Bonchev–Trinajstić information content (AvgIpc) is 1.88. The quantitative estimate of drug-likeness (QED) is 0.603. The summed E-state index contributed by atoms with van der Waals surface area (Å²) >= 11 is 0. The molecule has 1 nitrogen and oxygen atoms in total. The number of carbonyl (C=O) groups excluding carboxylic acids is 1. The van der Waals surface area contributed by atoms with Crippen molar-refractivity contribution in [2.75, 3.05) is 0 Å². The van der Waals surface area contributed by atoms with Crippen LogP contribution >= 0.6 is 0 Å². The zero-order valence-electron chi connectivity index (χ0n) is 5.30. The first-order chi connectivity index (χ1) is 4.83. The van der Waals surface area contributed by atoms with Gasteiger partial charge in [-0.05, 0) is 17.7 Å². The van der Waals surface area contributed by atoms with Crippen LogP contribution in [0.25, 0.3) is 0 Å². The fraction of sp³-hybridized carbons (Fsp3) is 0.125. The van der Waals surface area contributed by atoms with Crippen LogP contribution < -0.4 is 0 Å². The molecule has 0 atom stereocenters. The lowest BCUT2D eigenvalue weighted by Gasteiger charge is -1.91. The van der Waals surface area contributed by atoms with Gasteiger partial charge in [0.2, 0.25) is 6.29 Å². The van der Waals surface area contributed by atoms with Crippen LogP contribution in [-0.4, -0.2) is 6.29 Å². The third-order valence-electron chi connectivity index (χ3n) is 1.17. The first-order valence-corrected chi connectivity index (χ1v) is 2.92. The van der Waals surface area contributed by atoms with Gasteiger partial charge in [-0.2, -0.15) is 0 Å². The number of hydrogen-bond acceptors (Lipinski definition) is 1. The number of benzene rings is 1. The van der Waals surface area contributed by atoms with Gasteiger partial charge in [0.05, 0.1) is 0 Å². The van der Waals surface area contributed by atoms with Gasteiger partial charge in [0, 0.05) is 6.42 Å². The van der Waals surface area contributed by atoms with Crippen LogP contribution in [0.2, 0.25) is 0 Å². The molecule has 0 bridgehead atoms. The molecule has 0 aliphatic heterocycles. The highest BCUT2D eigenvalue weighted by Gasteiger charge is 1.92. The Morgan fingerprint density at radius 2 is 2.30 bits per heavy atom. The van der Waals surface area contributed by atoms with Crippen molar-refractivity contribution in [3.8, 4) is 0 Å². The highest BCUT2D eigenvalue weighted by molar-refractivity contribution is 5.55. The second-order valence-corrected chi connectivity index (χ2v) is 1.95. The maximum atomic E-state index is 12.4. The van der Waals surface area contributed by atoms with Gasteiger partial charge in [-0.15, -0.1) is 0 Å². The van der Waals surface area contributed by atoms with E-state index < -0.39 is 0 Å². The van der Waals surface area contributed by atoms with Gasteiger partial charge in [0.25, 0.3) is 0 Å². The van der Waals surface area contributed by atoms with Gasteiger partial charge in [-0.1, -0.05) is 12.1 Å². The van der Waals surface area contributed by atoms with Gasteiger partial charge in [-0.3, -0.25) is 4.79 Å². The predicted octanol–water partition coefficient (Wildman–Crippen LogP) is 1.48. The fourth-order valence-electron chi connectivity index (χ4n) is 0.730. The summed E-state index contributed by atoms with van der Waals surface area (Å²) in [4.78, 5) is 9.84. The van der Waals surface area contributed by atoms with E-state index in [9.17, 15) is 9.18 Å². The highest BCUT2D eigenvalue weighted by Crippen LogP contribution is 2.02. The van der Waals surface area contributed by atoms with Crippen molar-refractivity contribution in [2.45, 2.75) is 6.42 Å². The molecule has 2 heteroatoms.